The summed E-state index contributed by atoms with van der Waals surface area (Å²) in [6, 6.07) is 10.3. The molecule has 2 heterocycles. The molecule has 1 aliphatic heterocycles. The third-order valence-corrected chi connectivity index (χ3v) is 4.50. The molecule has 2 N–H and O–H groups in total. The monoisotopic (exact) mass is 302 g/mol. The van der Waals surface area contributed by atoms with Crippen molar-refractivity contribution >= 4 is 22.9 Å². The van der Waals surface area contributed by atoms with Gasteiger partial charge >= 0.3 is 0 Å². The molecule has 21 heavy (non-hydrogen) atoms. The number of carbonyl (C=O) groups excluding carboxylic acids is 1. The second kappa shape index (κ2) is 6.24. The van der Waals surface area contributed by atoms with Crippen LogP contribution in [0.2, 0.25) is 0 Å². The van der Waals surface area contributed by atoms with Crippen LogP contribution in [0.5, 0.6) is 0 Å². The van der Waals surface area contributed by atoms with Crippen LogP contribution in [0.3, 0.4) is 0 Å². The highest BCUT2D eigenvalue weighted by molar-refractivity contribution is 7.09. The van der Waals surface area contributed by atoms with Gasteiger partial charge in [-0.05, 0) is 12.1 Å². The second-order valence-electron chi connectivity index (χ2n) is 4.95. The number of piperazine rings is 1. The number of carbonyl (C=O) groups is 1. The minimum Gasteiger partial charge on any atom is -0.368 e. The number of para-hydroxylation sites is 1. The third kappa shape index (κ3) is 3.06. The zero-order valence-electron chi connectivity index (χ0n) is 11.7. The third-order valence-electron chi connectivity index (χ3n) is 3.63. The molecule has 1 aromatic carbocycles. The van der Waals surface area contributed by atoms with E-state index in [0.717, 1.165) is 31.2 Å². The molecule has 0 unspecified atom stereocenters. The normalized spacial score (nSPS) is 15.3. The molecule has 0 aliphatic carbocycles. The minimum absolute atomic E-state index is 0.0126. The largest absolute Gasteiger partial charge is 0.368 e. The number of rotatable bonds is 3. The van der Waals surface area contributed by atoms with E-state index in [1.54, 1.807) is 5.38 Å². The molecule has 5 nitrogen and oxygen atoms in total. The van der Waals surface area contributed by atoms with Crippen molar-refractivity contribution in [2.45, 2.75) is 6.54 Å². The van der Waals surface area contributed by atoms with Gasteiger partial charge in [0.15, 0.2) is 0 Å². The zero-order valence-corrected chi connectivity index (χ0v) is 12.6. The van der Waals surface area contributed by atoms with Gasteiger partial charge in [-0.2, -0.15) is 0 Å². The molecule has 3 rings (SSSR count). The molecule has 1 fully saturated rings. The van der Waals surface area contributed by atoms with E-state index in [1.165, 1.54) is 17.0 Å². The molecule has 2 aromatic rings. The number of nitrogens with two attached hydrogens (primary N) is 1. The van der Waals surface area contributed by atoms with Crippen molar-refractivity contribution in [3.63, 3.8) is 0 Å². The molecule has 0 radical (unpaired) electrons. The summed E-state index contributed by atoms with van der Waals surface area (Å²) in [6.07, 6.45) is 0. The first-order chi connectivity index (χ1) is 10.3. The Morgan fingerprint density at radius 3 is 2.52 bits per heavy atom. The summed E-state index contributed by atoms with van der Waals surface area (Å²) < 4.78 is 0. The molecule has 1 aliphatic rings. The summed E-state index contributed by atoms with van der Waals surface area (Å²) in [7, 11) is 0. The van der Waals surface area contributed by atoms with Crippen LogP contribution in [0.1, 0.15) is 15.5 Å². The summed E-state index contributed by atoms with van der Waals surface area (Å²) in [5.41, 5.74) is 7.27. The molecule has 1 amide bonds. The Balaban J connectivity index is 1.61. The average Bonchev–Trinajstić information content (AvgIpc) is 3.04. The number of hydrogen-bond donors (Lipinski definition) is 1. The fourth-order valence-electron chi connectivity index (χ4n) is 2.47. The van der Waals surface area contributed by atoms with E-state index < -0.39 is 0 Å². The van der Waals surface area contributed by atoms with Gasteiger partial charge in [0.1, 0.15) is 10.7 Å². The highest BCUT2D eigenvalue weighted by atomic mass is 32.1. The first kappa shape index (κ1) is 14.0. The molecule has 0 saturated carbocycles. The first-order valence-corrected chi connectivity index (χ1v) is 7.89. The summed E-state index contributed by atoms with van der Waals surface area (Å²) in [6.45, 7) is 3.54. The van der Waals surface area contributed by atoms with Gasteiger partial charge in [0.2, 0.25) is 0 Å². The van der Waals surface area contributed by atoms with E-state index in [0.29, 0.717) is 12.2 Å². The maximum Gasteiger partial charge on any atom is 0.273 e. The van der Waals surface area contributed by atoms with Crippen molar-refractivity contribution in [3.05, 3.63) is 46.4 Å². The predicted molar refractivity (Wildman–Crippen MR) is 84.6 cm³/mol. The number of aromatic nitrogens is 1. The van der Waals surface area contributed by atoms with Crippen LogP contribution in [-0.2, 0) is 6.54 Å². The van der Waals surface area contributed by atoms with E-state index in [-0.39, 0.29) is 5.91 Å². The van der Waals surface area contributed by atoms with Gasteiger partial charge in [-0.1, -0.05) is 18.2 Å². The quantitative estimate of drug-likeness (QED) is 0.935. The van der Waals surface area contributed by atoms with Crippen molar-refractivity contribution in [2.24, 2.45) is 5.73 Å². The van der Waals surface area contributed by atoms with E-state index in [9.17, 15) is 4.79 Å². The van der Waals surface area contributed by atoms with Crippen LogP contribution in [0, 0.1) is 0 Å². The molecule has 0 spiro atoms. The lowest BCUT2D eigenvalue weighted by molar-refractivity contribution is 0.0741. The highest BCUT2D eigenvalue weighted by Crippen LogP contribution is 2.17. The Morgan fingerprint density at radius 1 is 1.19 bits per heavy atom. The van der Waals surface area contributed by atoms with Crippen molar-refractivity contribution in [1.82, 2.24) is 9.88 Å². The summed E-state index contributed by atoms with van der Waals surface area (Å²) in [4.78, 5) is 20.8. The zero-order chi connectivity index (χ0) is 14.7. The molecular weight excluding hydrogens is 284 g/mol. The molecule has 6 heteroatoms. The lowest BCUT2D eigenvalue weighted by Gasteiger charge is -2.35. The highest BCUT2D eigenvalue weighted by Gasteiger charge is 2.23. The fourth-order valence-corrected chi connectivity index (χ4v) is 3.12. The maximum absolute atomic E-state index is 12.4. The average molecular weight is 302 g/mol. The van der Waals surface area contributed by atoms with Crippen molar-refractivity contribution in [3.8, 4) is 0 Å². The number of nitrogens with zero attached hydrogens (tertiary/aromatic N) is 3. The number of hydrogen-bond acceptors (Lipinski definition) is 5. The summed E-state index contributed by atoms with van der Waals surface area (Å²) >= 11 is 1.45. The van der Waals surface area contributed by atoms with Gasteiger partial charge in [0, 0.05) is 43.8 Å². The topological polar surface area (TPSA) is 62.5 Å². The Morgan fingerprint density at radius 2 is 1.90 bits per heavy atom. The number of benzene rings is 1. The molecule has 0 atom stereocenters. The molecular formula is C15H18N4OS. The Hall–Kier alpha value is -1.92. The van der Waals surface area contributed by atoms with E-state index in [4.69, 9.17) is 5.73 Å². The van der Waals surface area contributed by atoms with E-state index >= 15 is 0 Å². The standard InChI is InChI=1S/C15H18N4OS/c16-10-14-17-13(11-21-14)15(20)19-8-6-18(7-9-19)12-4-2-1-3-5-12/h1-5,11H,6-10,16H2. The molecule has 1 saturated heterocycles. The number of thiazole rings is 1. The lowest BCUT2D eigenvalue weighted by Crippen LogP contribution is -2.48. The number of anilines is 1. The van der Waals surface area contributed by atoms with E-state index in [1.807, 2.05) is 23.1 Å². The van der Waals surface area contributed by atoms with Crippen molar-refractivity contribution < 1.29 is 4.79 Å². The lowest BCUT2D eigenvalue weighted by atomic mass is 10.2. The minimum atomic E-state index is 0.0126. The van der Waals surface area contributed by atoms with Crippen LogP contribution in [0.4, 0.5) is 5.69 Å². The van der Waals surface area contributed by atoms with Gasteiger partial charge in [-0.3, -0.25) is 4.79 Å². The van der Waals surface area contributed by atoms with Gasteiger partial charge in [-0.25, -0.2) is 4.98 Å². The Kier molecular flexibility index (Phi) is 4.17. The summed E-state index contributed by atoms with van der Waals surface area (Å²) in [5, 5.41) is 2.61. The SMILES string of the molecule is NCc1nc(C(=O)N2CCN(c3ccccc3)CC2)cs1. The smallest absolute Gasteiger partial charge is 0.273 e. The van der Waals surface area contributed by atoms with Crippen molar-refractivity contribution in [2.75, 3.05) is 31.1 Å². The summed E-state index contributed by atoms with van der Waals surface area (Å²) in [5.74, 6) is 0.0126. The number of amides is 1. The Bertz CT molecular complexity index is 605. The van der Waals surface area contributed by atoms with Gasteiger partial charge < -0.3 is 15.5 Å². The van der Waals surface area contributed by atoms with Gasteiger partial charge in [0.05, 0.1) is 0 Å². The van der Waals surface area contributed by atoms with E-state index in [2.05, 4.69) is 22.0 Å². The Labute approximate surface area is 128 Å². The fraction of sp³-hybridized carbons (Fsp3) is 0.333. The maximum atomic E-state index is 12.4. The first-order valence-electron chi connectivity index (χ1n) is 7.01. The van der Waals surface area contributed by atoms with Crippen LogP contribution >= 0.6 is 11.3 Å². The van der Waals surface area contributed by atoms with Crippen LogP contribution in [0.15, 0.2) is 35.7 Å². The van der Waals surface area contributed by atoms with Crippen LogP contribution < -0.4 is 10.6 Å². The second-order valence-corrected chi connectivity index (χ2v) is 5.89. The predicted octanol–water partition coefficient (Wildman–Crippen LogP) is 1.56. The van der Waals surface area contributed by atoms with Gasteiger partial charge in [0.25, 0.3) is 5.91 Å². The molecule has 110 valence electrons. The van der Waals surface area contributed by atoms with Crippen LogP contribution in [0.25, 0.3) is 0 Å². The van der Waals surface area contributed by atoms with Crippen LogP contribution in [-0.4, -0.2) is 42.0 Å². The van der Waals surface area contributed by atoms with Gasteiger partial charge in [-0.15, -0.1) is 11.3 Å². The molecule has 0 bridgehead atoms. The van der Waals surface area contributed by atoms with Crippen molar-refractivity contribution in [1.29, 1.82) is 0 Å². The molecule has 1 aromatic heterocycles.